The van der Waals surface area contributed by atoms with E-state index in [1.54, 1.807) is 18.9 Å². The Morgan fingerprint density at radius 2 is 1.89 bits per heavy atom. The largest absolute Gasteiger partial charge is 0.497 e. The van der Waals surface area contributed by atoms with Gasteiger partial charge in [-0.3, -0.25) is 4.79 Å². The zero-order valence-corrected chi connectivity index (χ0v) is 17.9. The van der Waals surface area contributed by atoms with Crippen molar-refractivity contribution >= 4 is 58.1 Å². The summed E-state index contributed by atoms with van der Waals surface area (Å²) in [7, 11) is 1.64. The Hall–Kier alpha value is -1.81. The predicted octanol–water partition coefficient (Wildman–Crippen LogP) is 5.36. The van der Waals surface area contributed by atoms with Gasteiger partial charge in [0.2, 0.25) is 5.91 Å². The highest BCUT2D eigenvalue weighted by Crippen LogP contribution is 2.31. The fourth-order valence-electron chi connectivity index (χ4n) is 2.08. The first-order valence-electron chi connectivity index (χ1n) is 8.00. The maximum absolute atomic E-state index is 13.1. The molecule has 3 rings (SSSR count). The molecule has 0 aliphatic carbocycles. The van der Waals surface area contributed by atoms with E-state index in [9.17, 15) is 9.18 Å². The van der Waals surface area contributed by atoms with Crippen LogP contribution in [0.15, 0.2) is 51.1 Å². The van der Waals surface area contributed by atoms with E-state index in [0.29, 0.717) is 10.0 Å². The van der Waals surface area contributed by atoms with E-state index in [1.165, 1.54) is 41.3 Å². The summed E-state index contributed by atoms with van der Waals surface area (Å²) in [6.45, 7) is 0. The van der Waals surface area contributed by atoms with Crippen molar-refractivity contribution in [1.29, 1.82) is 0 Å². The van der Waals surface area contributed by atoms with Crippen molar-refractivity contribution < 1.29 is 13.9 Å². The molecule has 0 spiro atoms. The molecule has 1 amide bonds. The smallest absolute Gasteiger partial charge is 0.234 e. The van der Waals surface area contributed by atoms with Gasteiger partial charge in [-0.15, -0.1) is 10.2 Å². The van der Waals surface area contributed by atoms with Crippen LogP contribution in [-0.4, -0.2) is 29.0 Å². The standard InChI is InChI=1S/C18H15ClFN3O2S3/c1-25-13-5-2-11(3-6-13)9-26-17-22-23-18(28-17)27-10-16(24)21-12-4-7-15(20)14(19)8-12/h2-8H,9-10H2,1H3,(H,21,24). The van der Waals surface area contributed by atoms with Gasteiger partial charge in [-0.1, -0.05) is 58.6 Å². The van der Waals surface area contributed by atoms with Gasteiger partial charge in [-0.25, -0.2) is 4.39 Å². The number of hydrogen-bond acceptors (Lipinski definition) is 7. The maximum atomic E-state index is 13.1. The number of aromatic nitrogens is 2. The van der Waals surface area contributed by atoms with E-state index in [2.05, 4.69) is 15.5 Å². The highest BCUT2D eigenvalue weighted by Gasteiger charge is 2.10. The number of nitrogens with one attached hydrogen (secondary N) is 1. The van der Waals surface area contributed by atoms with Crippen LogP contribution < -0.4 is 10.1 Å². The average molecular weight is 456 g/mol. The Morgan fingerprint density at radius 3 is 2.57 bits per heavy atom. The van der Waals surface area contributed by atoms with Crippen molar-refractivity contribution in [1.82, 2.24) is 10.2 Å². The molecule has 10 heteroatoms. The molecule has 0 unspecified atom stereocenters. The van der Waals surface area contributed by atoms with Crippen molar-refractivity contribution in [3.8, 4) is 5.75 Å². The Morgan fingerprint density at radius 1 is 1.18 bits per heavy atom. The zero-order chi connectivity index (χ0) is 19.9. The number of nitrogens with zero attached hydrogens (tertiary/aromatic N) is 2. The molecular weight excluding hydrogens is 441 g/mol. The maximum Gasteiger partial charge on any atom is 0.234 e. The van der Waals surface area contributed by atoms with Crippen LogP contribution >= 0.6 is 46.5 Å². The van der Waals surface area contributed by atoms with E-state index < -0.39 is 5.82 Å². The molecule has 1 aromatic heterocycles. The van der Waals surface area contributed by atoms with Crippen molar-refractivity contribution in [3.63, 3.8) is 0 Å². The monoisotopic (exact) mass is 455 g/mol. The molecule has 28 heavy (non-hydrogen) atoms. The van der Waals surface area contributed by atoms with Crippen LogP contribution in [0.3, 0.4) is 0 Å². The van der Waals surface area contributed by atoms with Gasteiger partial charge >= 0.3 is 0 Å². The van der Waals surface area contributed by atoms with E-state index >= 15 is 0 Å². The number of amides is 1. The third kappa shape index (κ3) is 6.10. The second-order valence-electron chi connectivity index (χ2n) is 5.44. The molecule has 0 saturated heterocycles. The first-order valence-corrected chi connectivity index (χ1v) is 11.2. The molecule has 5 nitrogen and oxygen atoms in total. The number of hydrogen-bond donors (Lipinski definition) is 1. The minimum atomic E-state index is -0.525. The number of benzene rings is 2. The molecule has 0 atom stereocenters. The molecule has 0 bridgehead atoms. The highest BCUT2D eigenvalue weighted by atomic mass is 35.5. The van der Waals surface area contributed by atoms with Crippen LogP contribution in [0.4, 0.5) is 10.1 Å². The third-order valence-corrected chi connectivity index (χ3v) is 6.99. The second kappa shape index (κ2) is 10.1. The fourth-order valence-corrected chi connectivity index (χ4v) is 5.04. The van der Waals surface area contributed by atoms with Crippen LogP contribution in [0.5, 0.6) is 5.75 Å². The molecule has 146 valence electrons. The Kier molecular flexibility index (Phi) is 7.55. The Bertz CT molecular complexity index is 954. The second-order valence-corrected chi connectivity index (χ2v) is 9.27. The number of carbonyl (C=O) groups excluding carboxylic acids is 1. The van der Waals surface area contributed by atoms with Crippen LogP contribution in [-0.2, 0) is 10.5 Å². The molecule has 1 N–H and O–H groups in total. The van der Waals surface area contributed by atoms with Crippen molar-refractivity contribution in [2.45, 2.75) is 14.4 Å². The van der Waals surface area contributed by atoms with Gasteiger partial charge in [0.25, 0.3) is 0 Å². The van der Waals surface area contributed by atoms with E-state index in [0.717, 1.165) is 21.4 Å². The summed E-state index contributed by atoms with van der Waals surface area (Å²) in [5, 5.41) is 10.9. The number of rotatable bonds is 8. The van der Waals surface area contributed by atoms with Crippen LogP contribution in [0.25, 0.3) is 0 Å². The van der Waals surface area contributed by atoms with Gasteiger partial charge in [0.1, 0.15) is 11.6 Å². The Balaban J connectivity index is 1.45. The first kappa shape index (κ1) is 20.9. The highest BCUT2D eigenvalue weighted by molar-refractivity contribution is 8.03. The van der Waals surface area contributed by atoms with E-state index in [1.807, 2.05) is 24.3 Å². The Labute approximate surface area is 179 Å². The summed E-state index contributed by atoms with van der Waals surface area (Å²) in [6, 6.07) is 11.9. The summed E-state index contributed by atoms with van der Waals surface area (Å²) >= 11 is 10.0. The lowest BCUT2D eigenvalue weighted by molar-refractivity contribution is -0.113. The molecule has 0 fully saturated rings. The molecule has 0 radical (unpaired) electrons. The number of thioether (sulfide) groups is 2. The van der Waals surface area contributed by atoms with Crippen LogP contribution in [0, 0.1) is 5.82 Å². The summed E-state index contributed by atoms with van der Waals surface area (Å²) in [6.07, 6.45) is 0. The number of carbonyl (C=O) groups is 1. The number of ether oxygens (including phenoxy) is 1. The van der Waals surface area contributed by atoms with Crippen LogP contribution in [0.1, 0.15) is 5.56 Å². The van der Waals surface area contributed by atoms with E-state index in [-0.39, 0.29) is 16.7 Å². The van der Waals surface area contributed by atoms with Gasteiger partial charge in [0, 0.05) is 11.4 Å². The topological polar surface area (TPSA) is 64.1 Å². The minimum Gasteiger partial charge on any atom is -0.497 e. The molecule has 1 heterocycles. The number of halogens is 2. The average Bonchev–Trinajstić information content (AvgIpc) is 3.16. The lowest BCUT2D eigenvalue weighted by Crippen LogP contribution is -2.13. The lowest BCUT2D eigenvalue weighted by Gasteiger charge is -2.04. The van der Waals surface area contributed by atoms with Gasteiger partial charge in [0.05, 0.1) is 17.9 Å². The quantitative estimate of drug-likeness (QED) is 0.461. The van der Waals surface area contributed by atoms with Crippen molar-refractivity contribution in [3.05, 3.63) is 58.9 Å². The van der Waals surface area contributed by atoms with Gasteiger partial charge in [-0.05, 0) is 35.9 Å². The molecular formula is C18H15ClFN3O2S3. The summed E-state index contributed by atoms with van der Waals surface area (Å²) in [5.41, 5.74) is 1.61. The molecule has 0 aliphatic heterocycles. The fraction of sp³-hybridized carbons (Fsp3) is 0.167. The van der Waals surface area contributed by atoms with Gasteiger partial charge in [0.15, 0.2) is 8.68 Å². The van der Waals surface area contributed by atoms with Gasteiger partial charge < -0.3 is 10.1 Å². The van der Waals surface area contributed by atoms with Gasteiger partial charge in [-0.2, -0.15) is 0 Å². The first-order chi connectivity index (χ1) is 13.5. The zero-order valence-electron chi connectivity index (χ0n) is 14.6. The number of anilines is 1. The van der Waals surface area contributed by atoms with Crippen LogP contribution in [0.2, 0.25) is 5.02 Å². The molecule has 2 aromatic carbocycles. The van der Waals surface area contributed by atoms with Crippen molar-refractivity contribution in [2.24, 2.45) is 0 Å². The number of methoxy groups -OCH3 is 1. The van der Waals surface area contributed by atoms with Crippen molar-refractivity contribution in [2.75, 3.05) is 18.2 Å². The third-order valence-electron chi connectivity index (χ3n) is 3.44. The van der Waals surface area contributed by atoms with E-state index in [4.69, 9.17) is 16.3 Å². The minimum absolute atomic E-state index is 0.0342. The SMILES string of the molecule is COc1ccc(CSc2nnc(SCC(=O)Nc3ccc(F)c(Cl)c3)s2)cc1. The summed E-state index contributed by atoms with van der Waals surface area (Å²) in [4.78, 5) is 12.0. The summed E-state index contributed by atoms with van der Waals surface area (Å²) < 4.78 is 19.8. The lowest BCUT2D eigenvalue weighted by atomic mass is 10.2. The summed E-state index contributed by atoms with van der Waals surface area (Å²) in [5.74, 6) is 1.02. The normalized spacial score (nSPS) is 10.7. The molecule has 3 aromatic rings. The molecule has 0 aliphatic rings. The predicted molar refractivity (Wildman–Crippen MR) is 113 cm³/mol. The molecule has 0 saturated carbocycles.